The van der Waals surface area contributed by atoms with Crippen LogP contribution in [-0.2, 0) is 33.7 Å². The molecule has 0 aromatic carbocycles. The summed E-state index contributed by atoms with van der Waals surface area (Å²) in [5.41, 5.74) is 13.3. The van der Waals surface area contributed by atoms with Crippen molar-refractivity contribution in [3.8, 4) is 0 Å². The molecule has 0 bridgehead atoms. The molecule has 1 saturated heterocycles. The zero-order valence-electron chi connectivity index (χ0n) is 13.7. The van der Waals surface area contributed by atoms with Gasteiger partial charge in [0.25, 0.3) is 0 Å². The summed E-state index contributed by atoms with van der Waals surface area (Å²) < 4.78 is 14.3. The SMILES string of the molecule is CCC1(COC([NH-])=O)CCC1.CCC1(COC([NH-])=O)COC1.[Rh+2]. The van der Waals surface area contributed by atoms with Gasteiger partial charge in [0.2, 0.25) is 12.2 Å². The van der Waals surface area contributed by atoms with Gasteiger partial charge in [-0.3, -0.25) is 9.59 Å². The molecule has 8 heteroatoms. The Kier molecular flexibility index (Phi) is 9.70. The molecule has 0 atom stereocenters. The number of amides is 2. The zero-order chi connectivity index (χ0) is 16.6. The Morgan fingerprint density at radius 2 is 1.39 bits per heavy atom. The first-order valence-corrected chi connectivity index (χ1v) is 7.71. The Morgan fingerprint density at radius 3 is 1.61 bits per heavy atom. The van der Waals surface area contributed by atoms with Crippen LogP contribution in [0.1, 0.15) is 46.0 Å². The van der Waals surface area contributed by atoms with Gasteiger partial charge in [-0.05, 0) is 25.7 Å². The normalized spacial score (nSPS) is 19.6. The van der Waals surface area contributed by atoms with Crippen LogP contribution in [0.25, 0.3) is 11.5 Å². The van der Waals surface area contributed by atoms with Crippen molar-refractivity contribution in [3.05, 3.63) is 11.5 Å². The molecule has 2 aliphatic rings. The molecule has 0 aromatic heterocycles. The molecule has 0 aromatic rings. The van der Waals surface area contributed by atoms with Crippen molar-refractivity contribution < 1.29 is 43.3 Å². The van der Waals surface area contributed by atoms with E-state index in [9.17, 15) is 9.59 Å². The maximum atomic E-state index is 10.2. The van der Waals surface area contributed by atoms with Crippen LogP contribution in [0.15, 0.2) is 0 Å². The molecule has 7 nitrogen and oxygen atoms in total. The van der Waals surface area contributed by atoms with E-state index in [1.54, 1.807) is 0 Å². The minimum Gasteiger partial charge on any atom is -0.632 e. The van der Waals surface area contributed by atoms with Crippen molar-refractivity contribution in [1.82, 2.24) is 0 Å². The van der Waals surface area contributed by atoms with Gasteiger partial charge in [-0.25, -0.2) is 0 Å². The van der Waals surface area contributed by atoms with E-state index in [0.717, 1.165) is 25.7 Å². The largest absolute Gasteiger partial charge is 2.00 e. The van der Waals surface area contributed by atoms with Gasteiger partial charge < -0.3 is 25.7 Å². The summed E-state index contributed by atoms with van der Waals surface area (Å²) >= 11 is 0. The second-order valence-corrected chi connectivity index (χ2v) is 6.21. The molecule has 23 heavy (non-hydrogen) atoms. The molecule has 135 valence electrons. The average Bonchev–Trinajstić information content (AvgIpc) is 2.37. The molecule has 2 fully saturated rings. The number of carbonyl (C=O) groups excluding carboxylic acids is 2. The van der Waals surface area contributed by atoms with Gasteiger partial charge in [0.1, 0.15) is 0 Å². The molecule has 2 amide bonds. The fourth-order valence-electron chi connectivity index (χ4n) is 2.49. The summed E-state index contributed by atoms with van der Waals surface area (Å²) in [7, 11) is 0. The summed E-state index contributed by atoms with van der Waals surface area (Å²) in [6, 6.07) is 0. The number of nitrogens with one attached hydrogen (secondary N) is 2. The van der Waals surface area contributed by atoms with Gasteiger partial charge in [-0.2, -0.15) is 0 Å². The van der Waals surface area contributed by atoms with Crippen molar-refractivity contribution >= 4 is 12.2 Å². The number of hydrogen-bond acceptors (Lipinski definition) is 5. The van der Waals surface area contributed by atoms with Crippen molar-refractivity contribution in [2.45, 2.75) is 46.0 Å². The smallest absolute Gasteiger partial charge is 0.632 e. The zero-order valence-corrected chi connectivity index (χ0v) is 15.4. The van der Waals surface area contributed by atoms with Gasteiger partial charge in [-0.1, -0.05) is 20.3 Å². The Hall–Kier alpha value is -0.877. The third-order valence-corrected chi connectivity index (χ3v) is 4.75. The fraction of sp³-hybridized carbons (Fsp3) is 0.867. The molecular formula is C15H26N2O5Rh. The minimum absolute atomic E-state index is 0. The Morgan fingerprint density at radius 1 is 0.957 bits per heavy atom. The maximum Gasteiger partial charge on any atom is 2.00 e. The molecule has 0 unspecified atom stereocenters. The van der Waals surface area contributed by atoms with Crippen LogP contribution in [0.5, 0.6) is 0 Å². The first-order chi connectivity index (χ1) is 10.4. The average molecular weight is 417 g/mol. The quantitative estimate of drug-likeness (QED) is 0.597. The molecule has 0 spiro atoms. The van der Waals surface area contributed by atoms with Crippen LogP contribution in [0.4, 0.5) is 9.59 Å². The van der Waals surface area contributed by atoms with Crippen molar-refractivity contribution in [2.75, 3.05) is 26.4 Å². The van der Waals surface area contributed by atoms with E-state index in [4.69, 9.17) is 16.2 Å². The van der Waals surface area contributed by atoms with E-state index in [0.29, 0.717) is 26.4 Å². The second kappa shape index (κ2) is 10.1. The summed E-state index contributed by atoms with van der Waals surface area (Å²) in [6.07, 6.45) is 3.67. The topological polar surface area (TPSA) is 109 Å². The second-order valence-electron chi connectivity index (χ2n) is 6.21. The van der Waals surface area contributed by atoms with Crippen molar-refractivity contribution in [1.29, 1.82) is 0 Å². The minimum atomic E-state index is -0.954. The standard InChI is InChI=1S/C8H15NO2.C7H13NO3.Rh/c1-2-8(4-3-5-8)6-11-7(9)10;1-2-7(3-10-4-7)5-11-6(8)9;/h2-6H2,1H3,(H2,9,10);2-5H2,1H3,(H2,8,9);/q;;+2/p-2. The van der Waals surface area contributed by atoms with Gasteiger partial charge in [0, 0.05) is 5.41 Å². The predicted octanol–water partition coefficient (Wildman–Crippen LogP) is 4.35. The molecule has 1 heterocycles. The van der Waals surface area contributed by atoms with Gasteiger partial charge >= 0.3 is 19.5 Å². The van der Waals surface area contributed by atoms with Gasteiger partial charge in [-0.15, -0.1) is 0 Å². The molecule has 1 radical (unpaired) electrons. The Labute approximate surface area is 150 Å². The van der Waals surface area contributed by atoms with Crippen LogP contribution < -0.4 is 0 Å². The third-order valence-electron chi connectivity index (χ3n) is 4.75. The third kappa shape index (κ3) is 7.04. The summed E-state index contributed by atoms with van der Waals surface area (Å²) in [6.45, 7) is 6.21. The monoisotopic (exact) mass is 417 g/mol. The van der Waals surface area contributed by atoms with E-state index in [-0.39, 0.29) is 30.3 Å². The number of rotatable bonds is 6. The molecule has 2 rings (SSSR count). The van der Waals surface area contributed by atoms with Crippen LogP contribution in [0, 0.1) is 10.8 Å². The van der Waals surface area contributed by atoms with Crippen LogP contribution in [-0.4, -0.2) is 38.6 Å². The van der Waals surface area contributed by atoms with Crippen LogP contribution in [0.2, 0.25) is 0 Å². The molecule has 1 aliphatic carbocycles. The molecule has 2 N–H and O–H groups in total. The number of hydrogen-bond donors (Lipinski definition) is 0. The van der Waals surface area contributed by atoms with E-state index < -0.39 is 12.2 Å². The van der Waals surface area contributed by atoms with E-state index >= 15 is 0 Å². The van der Waals surface area contributed by atoms with Crippen LogP contribution >= 0.6 is 0 Å². The molecule has 1 saturated carbocycles. The summed E-state index contributed by atoms with van der Waals surface area (Å²) in [4.78, 5) is 20.3. The van der Waals surface area contributed by atoms with Crippen molar-refractivity contribution in [2.24, 2.45) is 10.8 Å². The van der Waals surface area contributed by atoms with E-state index in [2.05, 4.69) is 16.4 Å². The predicted molar refractivity (Wildman–Crippen MR) is 81.5 cm³/mol. The van der Waals surface area contributed by atoms with Crippen molar-refractivity contribution in [3.63, 3.8) is 0 Å². The summed E-state index contributed by atoms with van der Waals surface area (Å²) in [5.74, 6) is 0. The fourth-order valence-corrected chi connectivity index (χ4v) is 2.49. The number of carbonyl (C=O) groups is 2. The van der Waals surface area contributed by atoms with E-state index in [1.807, 2.05) is 6.92 Å². The van der Waals surface area contributed by atoms with E-state index in [1.165, 1.54) is 6.42 Å². The first kappa shape index (κ1) is 22.1. The maximum absolute atomic E-state index is 10.2. The number of ether oxygens (including phenoxy) is 3. The summed E-state index contributed by atoms with van der Waals surface area (Å²) in [5, 5.41) is 0. The van der Waals surface area contributed by atoms with Gasteiger partial charge in [0.05, 0.1) is 31.8 Å². The molecule has 1 aliphatic heterocycles. The van der Waals surface area contributed by atoms with Crippen LogP contribution in [0.3, 0.4) is 0 Å². The van der Waals surface area contributed by atoms with Gasteiger partial charge in [0.15, 0.2) is 0 Å². The Balaban J connectivity index is 0.000000403. The Bertz CT molecular complexity index is 337. The molecular weight excluding hydrogens is 391 g/mol. The first-order valence-electron chi connectivity index (χ1n) is 7.71.